The van der Waals surface area contributed by atoms with Gasteiger partial charge in [0.15, 0.2) is 0 Å². The Kier molecular flexibility index (Phi) is 4.98. The molecular formula is C20H22N6O4. The number of carbonyl (C=O) groups excluding carboxylic acids is 3. The first-order valence-electron chi connectivity index (χ1n) is 9.53. The van der Waals surface area contributed by atoms with Crippen molar-refractivity contribution in [3.63, 3.8) is 0 Å². The summed E-state index contributed by atoms with van der Waals surface area (Å²) in [5.41, 5.74) is 3.12. The summed E-state index contributed by atoms with van der Waals surface area (Å²) in [7, 11) is 1.29. The second-order valence-corrected chi connectivity index (χ2v) is 7.29. The number of aliphatic imine (C=N–C) groups is 1. The number of carbonyl (C=O) groups is 3. The van der Waals surface area contributed by atoms with Crippen molar-refractivity contribution in [3.05, 3.63) is 35.5 Å². The molecular weight excluding hydrogens is 388 g/mol. The van der Waals surface area contributed by atoms with Gasteiger partial charge in [-0.1, -0.05) is 12.1 Å². The Morgan fingerprint density at radius 2 is 2.07 bits per heavy atom. The average Bonchev–Trinajstić information content (AvgIpc) is 3.47. The number of hydrogen-bond acceptors (Lipinski definition) is 6. The van der Waals surface area contributed by atoms with E-state index in [1.807, 2.05) is 31.3 Å². The molecule has 1 unspecified atom stereocenters. The summed E-state index contributed by atoms with van der Waals surface area (Å²) in [4.78, 5) is 41.7. The molecule has 0 aliphatic carbocycles. The second-order valence-electron chi connectivity index (χ2n) is 7.29. The zero-order valence-corrected chi connectivity index (χ0v) is 16.9. The van der Waals surface area contributed by atoms with Gasteiger partial charge in [-0.3, -0.25) is 24.6 Å². The van der Waals surface area contributed by atoms with Crippen LogP contribution < -0.4 is 10.6 Å². The number of amides is 3. The Balaban J connectivity index is 1.68. The van der Waals surface area contributed by atoms with Gasteiger partial charge in [-0.2, -0.15) is 5.10 Å². The molecule has 0 saturated carbocycles. The molecule has 2 aliphatic heterocycles. The highest BCUT2D eigenvalue weighted by Gasteiger charge is 2.31. The van der Waals surface area contributed by atoms with Crippen LogP contribution in [0, 0.1) is 0 Å². The molecule has 30 heavy (non-hydrogen) atoms. The maximum absolute atomic E-state index is 12.9. The molecule has 0 fully saturated rings. The molecule has 0 spiro atoms. The minimum absolute atomic E-state index is 0.0244. The first kappa shape index (κ1) is 19.6. The van der Waals surface area contributed by atoms with Gasteiger partial charge in [-0.05, 0) is 24.6 Å². The first-order chi connectivity index (χ1) is 14.4. The van der Waals surface area contributed by atoms with E-state index in [1.165, 1.54) is 14.0 Å². The topological polar surface area (TPSA) is 118 Å². The highest BCUT2D eigenvalue weighted by atomic mass is 16.5. The Morgan fingerprint density at radius 3 is 2.73 bits per heavy atom. The number of anilines is 1. The van der Waals surface area contributed by atoms with Gasteiger partial charge in [0.05, 0.1) is 31.2 Å². The van der Waals surface area contributed by atoms with Crippen LogP contribution in [-0.4, -0.2) is 59.1 Å². The fourth-order valence-electron chi connectivity index (χ4n) is 3.45. The molecule has 0 saturated heterocycles. The molecule has 2 atom stereocenters. The van der Waals surface area contributed by atoms with Crippen LogP contribution in [0.4, 0.5) is 10.5 Å². The van der Waals surface area contributed by atoms with Crippen LogP contribution in [0.15, 0.2) is 29.3 Å². The van der Waals surface area contributed by atoms with Crippen LogP contribution >= 0.6 is 0 Å². The van der Waals surface area contributed by atoms with Crippen LogP contribution in [0.3, 0.4) is 0 Å². The summed E-state index contributed by atoms with van der Waals surface area (Å²) >= 11 is 0. The van der Waals surface area contributed by atoms with Crippen molar-refractivity contribution in [3.8, 4) is 11.3 Å². The average molecular weight is 410 g/mol. The van der Waals surface area contributed by atoms with Gasteiger partial charge in [-0.25, -0.2) is 4.79 Å². The molecule has 4 rings (SSSR count). The highest BCUT2D eigenvalue weighted by Crippen LogP contribution is 2.35. The number of nitrogens with one attached hydrogen (secondary N) is 2. The zero-order valence-electron chi connectivity index (χ0n) is 16.9. The van der Waals surface area contributed by atoms with E-state index in [0.29, 0.717) is 29.2 Å². The predicted molar refractivity (Wildman–Crippen MR) is 109 cm³/mol. The van der Waals surface area contributed by atoms with Crippen molar-refractivity contribution < 1.29 is 19.1 Å². The number of ether oxygens (including phenoxy) is 1. The van der Waals surface area contributed by atoms with E-state index < -0.39 is 6.09 Å². The third-order valence-electron chi connectivity index (χ3n) is 5.04. The number of hydrogen-bond donors (Lipinski definition) is 2. The Hall–Kier alpha value is -3.69. The van der Waals surface area contributed by atoms with Gasteiger partial charge in [0.25, 0.3) is 5.91 Å². The molecule has 2 aliphatic rings. The van der Waals surface area contributed by atoms with E-state index in [4.69, 9.17) is 4.74 Å². The third-order valence-corrected chi connectivity index (χ3v) is 5.04. The maximum atomic E-state index is 12.9. The normalized spacial score (nSPS) is 19.3. The molecule has 3 heterocycles. The SMILES string of the molecule is COC(=O)Nc1cc(C2C=N2)ccc1-c1cc2n(n1)[C@@H](C)CN(CNC(C)=O)C2=O. The Morgan fingerprint density at radius 1 is 1.30 bits per heavy atom. The lowest BCUT2D eigenvalue weighted by atomic mass is 10.0. The summed E-state index contributed by atoms with van der Waals surface area (Å²) in [6.45, 7) is 3.93. The Labute approximate surface area is 172 Å². The molecule has 0 radical (unpaired) electrons. The molecule has 10 nitrogen and oxygen atoms in total. The second kappa shape index (κ2) is 7.62. The number of benzene rings is 1. The van der Waals surface area contributed by atoms with Crippen LogP contribution in [-0.2, 0) is 9.53 Å². The minimum atomic E-state index is -0.597. The quantitative estimate of drug-likeness (QED) is 0.781. The van der Waals surface area contributed by atoms with E-state index in [0.717, 1.165) is 5.56 Å². The van der Waals surface area contributed by atoms with Gasteiger partial charge in [0.2, 0.25) is 5.91 Å². The van der Waals surface area contributed by atoms with Crippen molar-refractivity contribution >= 4 is 29.8 Å². The van der Waals surface area contributed by atoms with Crippen molar-refractivity contribution in [2.45, 2.75) is 25.9 Å². The van der Waals surface area contributed by atoms with Crippen molar-refractivity contribution in [1.29, 1.82) is 0 Å². The fraction of sp³-hybridized carbons (Fsp3) is 0.350. The molecule has 0 bridgehead atoms. The predicted octanol–water partition coefficient (Wildman–Crippen LogP) is 1.96. The lowest BCUT2D eigenvalue weighted by molar-refractivity contribution is -0.119. The number of fused-ring (bicyclic) bond motifs is 1. The first-order valence-corrected chi connectivity index (χ1v) is 9.53. The monoisotopic (exact) mass is 410 g/mol. The van der Waals surface area contributed by atoms with Crippen molar-refractivity contribution in [2.24, 2.45) is 4.99 Å². The van der Waals surface area contributed by atoms with E-state index in [2.05, 4.69) is 20.7 Å². The number of methoxy groups -OCH3 is 1. The lowest BCUT2D eigenvalue weighted by Crippen LogP contribution is -2.47. The Bertz CT molecular complexity index is 1050. The fourth-order valence-corrected chi connectivity index (χ4v) is 3.45. The summed E-state index contributed by atoms with van der Waals surface area (Å²) < 4.78 is 6.42. The largest absolute Gasteiger partial charge is 0.453 e. The van der Waals surface area contributed by atoms with Crippen LogP contribution in [0.1, 0.15) is 42.0 Å². The summed E-state index contributed by atoms with van der Waals surface area (Å²) in [6, 6.07) is 7.25. The number of nitrogens with zero attached hydrogens (tertiary/aromatic N) is 4. The number of aromatic nitrogens is 2. The lowest BCUT2D eigenvalue weighted by Gasteiger charge is -2.31. The van der Waals surface area contributed by atoms with E-state index in [9.17, 15) is 14.4 Å². The van der Waals surface area contributed by atoms with Crippen LogP contribution in [0.25, 0.3) is 11.3 Å². The molecule has 156 valence electrons. The minimum Gasteiger partial charge on any atom is -0.453 e. The van der Waals surface area contributed by atoms with Gasteiger partial charge < -0.3 is 15.0 Å². The van der Waals surface area contributed by atoms with Gasteiger partial charge >= 0.3 is 6.09 Å². The molecule has 2 aromatic rings. The van der Waals surface area contributed by atoms with Crippen molar-refractivity contribution in [2.75, 3.05) is 25.6 Å². The summed E-state index contributed by atoms with van der Waals surface area (Å²) in [5.74, 6) is -0.417. The van der Waals surface area contributed by atoms with Crippen LogP contribution in [0.2, 0.25) is 0 Å². The van der Waals surface area contributed by atoms with Crippen LogP contribution in [0.5, 0.6) is 0 Å². The number of rotatable bonds is 5. The van der Waals surface area contributed by atoms with Gasteiger partial charge in [-0.15, -0.1) is 0 Å². The van der Waals surface area contributed by atoms with E-state index in [-0.39, 0.29) is 30.6 Å². The smallest absolute Gasteiger partial charge is 0.411 e. The molecule has 1 aromatic carbocycles. The summed E-state index contributed by atoms with van der Waals surface area (Å²) in [6.07, 6.45) is 1.22. The molecule has 10 heteroatoms. The maximum Gasteiger partial charge on any atom is 0.411 e. The van der Waals surface area contributed by atoms with Gasteiger partial charge in [0.1, 0.15) is 11.7 Å². The van der Waals surface area contributed by atoms with E-state index >= 15 is 0 Å². The highest BCUT2D eigenvalue weighted by molar-refractivity contribution is 5.96. The molecule has 3 amide bonds. The van der Waals surface area contributed by atoms with E-state index in [1.54, 1.807) is 15.6 Å². The van der Waals surface area contributed by atoms with Crippen molar-refractivity contribution in [1.82, 2.24) is 20.0 Å². The standard InChI is InChI=1S/C20H22N6O4/c1-11-9-25(10-22-12(2)27)19(28)18-7-16(24-26(11)18)14-5-4-13(17-8-21-17)6-15(14)23-20(29)30-3/h4-8,11,17H,9-10H2,1-3H3,(H,22,27)(H,23,29)/t11-,17?/m0/s1. The molecule has 1 aromatic heterocycles. The molecule has 2 N–H and O–H groups in total. The third kappa shape index (κ3) is 3.76. The van der Waals surface area contributed by atoms with Gasteiger partial charge in [0, 0.05) is 25.2 Å². The zero-order chi connectivity index (χ0) is 21.4. The summed E-state index contributed by atoms with van der Waals surface area (Å²) in [5, 5.41) is 10.0.